The molecule has 19 heavy (non-hydrogen) atoms. The maximum absolute atomic E-state index is 12.6. The molecule has 1 aliphatic heterocycles. The van der Waals surface area contributed by atoms with E-state index in [9.17, 15) is 9.90 Å². The van der Waals surface area contributed by atoms with Crippen molar-refractivity contribution in [3.63, 3.8) is 0 Å². The fourth-order valence-electron chi connectivity index (χ4n) is 2.43. The van der Waals surface area contributed by atoms with E-state index < -0.39 is 11.6 Å². The molecule has 1 aromatic rings. The van der Waals surface area contributed by atoms with Gasteiger partial charge >= 0.3 is 0 Å². The van der Waals surface area contributed by atoms with Crippen LogP contribution in [0, 0.1) is 0 Å². The summed E-state index contributed by atoms with van der Waals surface area (Å²) in [6.07, 6.45) is 0.0726. The maximum Gasteiger partial charge on any atom is 0.258 e. The molecule has 1 heterocycles. The summed E-state index contributed by atoms with van der Waals surface area (Å²) in [6, 6.07) is 4.96. The van der Waals surface area contributed by atoms with E-state index in [-0.39, 0.29) is 5.91 Å². The van der Waals surface area contributed by atoms with Crippen LogP contribution < -0.4 is 4.74 Å². The van der Waals surface area contributed by atoms with Gasteiger partial charge in [0.05, 0.1) is 24.3 Å². The zero-order valence-corrected chi connectivity index (χ0v) is 12.1. The average Bonchev–Trinajstić information content (AvgIpc) is 2.63. The minimum atomic E-state index is -0.579. The second-order valence-corrected chi connectivity index (χ2v) is 5.70. The van der Waals surface area contributed by atoms with Gasteiger partial charge in [-0.25, -0.2) is 0 Å². The first-order chi connectivity index (χ1) is 8.87. The lowest BCUT2D eigenvalue weighted by Crippen LogP contribution is -2.48. The van der Waals surface area contributed by atoms with E-state index in [2.05, 4.69) is 0 Å². The second-order valence-electron chi connectivity index (χ2n) is 5.26. The number of carbonyl (C=O) groups is 1. The van der Waals surface area contributed by atoms with Crippen molar-refractivity contribution < 1.29 is 14.6 Å². The van der Waals surface area contributed by atoms with Gasteiger partial charge in [-0.15, -0.1) is 0 Å². The van der Waals surface area contributed by atoms with E-state index in [1.165, 1.54) is 7.11 Å². The Labute approximate surface area is 117 Å². The third-order valence-electron chi connectivity index (χ3n) is 3.77. The van der Waals surface area contributed by atoms with Gasteiger partial charge in [0.15, 0.2) is 0 Å². The molecule has 0 aromatic heterocycles. The van der Waals surface area contributed by atoms with Crippen molar-refractivity contribution in [1.29, 1.82) is 0 Å². The van der Waals surface area contributed by atoms with Crippen molar-refractivity contribution in [2.24, 2.45) is 0 Å². The number of ether oxygens (including phenoxy) is 1. The maximum atomic E-state index is 12.6. The number of aliphatic hydroxyl groups excluding tert-OH is 1. The molecule has 104 valence electrons. The molecular formula is C14H18ClNO3. The molecule has 1 atom stereocenters. The molecule has 2 rings (SSSR count). The Morgan fingerprint density at radius 2 is 2.21 bits per heavy atom. The molecule has 1 unspecified atom stereocenters. The quantitative estimate of drug-likeness (QED) is 0.906. The molecule has 0 bridgehead atoms. The summed E-state index contributed by atoms with van der Waals surface area (Å²) in [5.41, 5.74) is -0.151. The van der Waals surface area contributed by atoms with E-state index >= 15 is 0 Å². The number of aliphatic hydroxyl groups is 1. The molecule has 4 nitrogen and oxygen atoms in total. The van der Waals surface area contributed by atoms with Crippen LogP contribution in [0.15, 0.2) is 18.2 Å². The predicted octanol–water partition coefficient (Wildman–Crippen LogP) is 2.33. The highest BCUT2D eigenvalue weighted by molar-refractivity contribution is 6.31. The van der Waals surface area contributed by atoms with E-state index in [1.807, 2.05) is 13.8 Å². The molecule has 1 saturated heterocycles. The lowest BCUT2D eigenvalue weighted by molar-refractivity contribution is 0.0392. The molecule has 1 fully saturated rings. The summed E-state index contributed by atoms with van der Waals surface area (Å²) < 4.78 is 5.21. The zero-order valence-electron chi connectivity index (χ0n) is 11.3. The Morgan fingerprint density at radius 1 is 1.53 bits per heavy atom. The van der Waals surface area contributed by atoms with E-state index in [0.717, 1.165) is 0 Å². The Balaban J connectivity index is 2.37. The summed E-state index contributed by atoms with van der Waals surface area (Å²) in [7, 11) is 1.52. The van der Waals surface area contributed by atoms with Gasteiger partial charge < -0.3 is 14.7 Å². The number of hydrogen-bond acceptors (Lipinski definition) is 3. The molecule has 5 heteroatoms. The molecule has 1 aromatic carbocycles. The Bertz CT molecular complexity index is 501. The summed E-state index contributed by atoms with van der Waals surface area (Å²) in [5, 5.41) is 10.4. The van der Waals surface area contributed by atoms with Crippen molar-refractivity contribution in [3.05, 3.63) is 28.8 Å². The topological polar surface area (TPSA) is 49.8 Å². The number of halogens is 1. The first-order valence-electron chi connectivity index (χ1n) is 6.21. The number of carbonyl (C=O) groups excluding carboxylic acids is 1. The average molecular weight is 284 g/mol. The van der Waals surface area contributed by atoms with Crippen molar-refractivity contribution in [3.8, 4) is 5.75 Å². The Kier molecular flexibility index (Phi) is 3.74. The number of rotatable bonds is 2. The Hall–Kier alpha value is -1.26. The second kappa shape index (κ2) is 5.02. The van der Waals surface area contributed by atoms with Crippen LogP contribution in [0.5, 0.6) is 5.75 Å². The van der Waals surface area contributed by atoms with Crippen LogP contribution in [0.25, 0.3) is 0 Å². The fraction of sp³-hybridized carbons (Fsp3) is 0.500. The zero-order chi connectivity index (χ0) is 14.2. The molecular weight excluding hydrogens is 266 g/mol. The largest absolute Gasteiger partial charge is 0.496 e. The molecule has 0 aliphatic carbocycles. The summed E-state index contributed by atoms with van der Waals surface area (Å²) in [5.74, 6) is 0.326. The highest BCUT2D eigenvalue weighted by atomic mass is 35.5. The monoisotopic (exact) mass is 283 g/mol. The van der Waals surface area contributed by atoms with Crippen LogP contribution in [0.1, 0.15) is 30.6 Å². The van der Waals surface area contributed by atoms with Crippen molar-refractivity contribution in [2.75, 3.05) is 13.7 Å². The normalized spacial score (nSPS) is 21.5. The van der Waals surface area contributed by atoms with Gasteiger partial charge in [0.1, 0.15) is 5.75 Å². The Morgan fingerprint density at radius 3 is 2.74 bits per heavy atom. The van der Waals surface area contributed by atoms with E-state index in [4.69, 9.17) is 16.3 Å². The summed E-state index contributed by atoms with van der Waals surface area (Å²) in [4.78, 5) is 14.3. The molecule has 1 N–H and O–H groups in total. The standard InChI is InChI=1S/C14H18ClNO3/c1-14(2)12(17)6-7-16(14)13(18)10-8-9(15)4-5-11(10)19-3/h4-5,8,12,17H,6-7H2,1-3H3. The van der Waals surface area contributed by atoms with E-state index in [1.54, 1.807) is 23.1 Å². The van der Waals surface area contributed by atoms with Gasteiger partial charge in [0.2, 0.25) is 0 Å². The summed E-state index contributed by atoms with van der Waals surface area (Å²) in [6.45, 7) is 4.25. The van der Waals surface area contributed by atoms with Gasteiger partial charge in [0, 0.05) is 11.6 Å². The first-order valence-corrected chi connectivity index (χ1v) is 6.59. The van der Waals surface area contributed by atoms with Crippen LogP contribution in [-0.4, -0.2) is 41.2 Å². The molecule has 1 amide bonds. The smallest absolute Gasteiger partial charge is 0.258 e. The molecule has 0 radical (unpaired) electrons. The summed E-state index contributed by atoms with van der Waals surface area (Å²) >= 11 is 5.95. The van der Waals surface area contributed by atoms with Gasteiger partial charge in [-0.2, -0.15) is 0 Å². The van der Waals surface area contributed by atoms with Crippen LogP contribution in [-0.2, 0) is 0 Å². The first kappa shape index (κ1) is 14.2. The van der Waals surface area contributed by atoms with Crippen molar-refractivity contribution in [1.82, 2.24) is 4.90 Å². The van der Waals surface area contributed by atoms with Gasteiger partial charge in [-0.05, 0) is 38.5 Å². The molecule has 1 aliphatic rings. The number of nitrogens with zero attached hydrogens (tertiary/aromatic N) is 1. The number of benzene rings is 1. The number of amides is 1. The van der Waals surface area contributed by atoms with Gasteiger partial charge in [0.25, 0.3) is 5.91 Å². The minimum Gasteiger partial charge on any atom is -0.496 e. The third kappa shape index (κ3) is 2.42. The third-order valence-corrected chi connectivity index (χ3v) is 4.01. The molecule has 0 spiro atoms. The molecule has 0 saturated carbocycles. The van der Waals surface area contributed by atoms with Crippen LogP contribution in [0.3, 0.4) is 0 Å². The van der Waals surface area contributed by atoms with Crippen LogP contribution >= 0.6 is 11.6 Å². The van der Waals surface area contributed by atoms with Crippen molar-refractivity contribution >= 4 is 17.5 Å². The van der Waals surface area contributed by atoms with Gasteiger partial charge in [-0.3, -0.25) is 4.79 Å². The van der Waals surface area contributed by atoms with E-state index in [0.29, 0.717) is 29.3 Å². The van der Waals surface area contributed by atoms with Crippen LogP contribution in [0.2, 0.25) is 5.02 Å². The highest BCUT2D eigenvalue weighted by Gasteiger charge is 2.43. The predicted molar refractivity (Wildman–Crippen MR) is 73.7 cm³/mol. The fourth-order valence-corrected chi connectivity index (χ4v) is 2.60. The lowest BCUT2D eigenvalue weighted by Gasteiger charge is -2.34. The minimum absolute atomic E-state index is 0.166. The van der Waals surface area contributed by atoms with Gasteiger partial charge in [-0.1, -0.05) is 11.6 Å². The van der Waals surface area contributed by atoms with Crippen LogP contribution in [0.4, 0.5) is 0 Å². The number of hydrogen-bond donors (Lipinski definition) is 1. The number of methoxy groups -OCH3 is 1. The van der Waals surface area contributed by atoms with Crippen molar-refractivity contribution in [2.45, 2.75) is 31.9 Å². The number of likely N-dealkylation sites (tertiary alicyclic amines) is 1. The highest BCUT2D eigenvalue weighted by Crippen LogP contribution is 2.33. The lowest BCUT2D eigenvalue weighted by atomic mass is 9.98. The SMILES string of the molecule is COc1ccc(Cl)cc1C(=O)N1CCC(O)C1(C)C.